The quantitative estimate of drug-likeness (QED) is 0.794. The van der Waals surface area contributed by atoms with Gasteiger partial charge >= 0.3 is 0 Å². The highest BCUT2D eigenvalue weighted by molar-refractivity contribution is 8.00. The van der Waals surface area contributed by atoms with Crippen LogP contribution in [0.4, 0.5) is 0 Å². The van der Waals surface area contributed by atoms with Gasteiger partial charge in [-0.2, -0.15) is 0 Å². The average molecular weight is 282 g/mol. The molecule has 2 saturated heterocycles. The number of amides is 1. The topological polar surface area (TPSA) is 20.3 Å². The van der Waals surface area contributed by atoms with Crippen molar-refractivity contribution in [3.05, 3.63) is 30.3 Å². The molecule has 2 heterocycles. The minimum Gasteiger partial charge on any atom is -0.338 e. The van der Waals surface area contributed by atoms with Gasteiger partial charge in [0.1, 0.15) is 0 Å². The lowest BCUT2D eigenvalue weighted by atomic mass is 10.0. The summed E-state index contributed by atoms with van der Waals surface area (Å²) in [5, 5.41) is 0.00944. The van der Waals surface area contributed by atoms with E-state index in [0.717, 1.165) is 24.3 Å². The largest absolute Gasteiger partial charge is 0.338 e. The molecule has 2 aliphatic rings. The zero-order chi connectivity index (χ0) is 12.5. The number of carbonyl (C=O) groups is 1. The predicted octanol–water partition coefficient (Wildman–Crippen LogP) is 3.01. The van der Waals surface area contributed by atoms with Gasteiger partial charge in [0.25, 0.3) is 0 Å². The molecule has 0 aliphatic carbocycles. The van der Waals surface area contributed by atoms with Gasteiger partial charge in [0.2, 0.25) is 5.91 Å². The van der Waals surface area contributed by atoms with Crippen LogP contribution in [0, 0.1) is 5.92 Å². The first-order chi connectivity index (χ1) is 8.81. The van der Waals surface area contributed by atoms with Crippen molar-refractivity contribution in [2.24, 2.45) is 5.92 Å². The van der Waals surface area contributed by atoms with Crippen molar-refractivity contribution in [3.8, 4) is 0 Å². The lowest BCUT2D eigenvalue weighted by Gasteiger charge is -2.19. The SMILES string of the molecule is O=C1C(Sc2ccccc2)C(CCl)[C@@H]2CCCN12. The van der Waals surface area contributed by atoms with Crippen LogP contribution in [-0.4, -0.2) is 34.5 Å². The highest BCUT2D eigenvalue weighted by Crippen LogP contribution is 2.42. The first kappa shape index (κ1) is 12.4. The van der Waals surface area contributed by atoms with Gasteiger partial charge in [0, 0.05) is 29.3 Å². The van der Waals surface area contributed by atoms with Crippen LogP contribution in [0.5, 0.6) is 0 Å². The van der Waals surface area contributed by atoms with Crippen molar-refractivity contribution >= 4 is 29.3 Å². The Hall–Kier alpha value is -0.670. The molecule has 3 rings (SSSR count). The minimum atomic E-state index is 0.00944. The van der Waals surface area contributed by atoms with E-state index in [4.69, 9.17) is 11.6 Å². The fourth-order valence-electron chi connectivity index (χ4n) is 3.03. The Morgan fingerprint density at radius 2 is 2.11 bits per heavy atom. The van der Waals surface area contributed by atoms with Crippen LogP contribution in [0.1, 0.15) is 12.8 Å². The number of fused-ring (bicyclic) bond motifs is 1. The Kier molecular flexibility index (Phi) is 3.53. The van der Waals surface area contributed by atoms with Gasteiger partial charge < -0.3 is 4.90 Å². The standard InChI is InChI=1S/C14H16ClNOS/c15-9-11-12-7-4-8-16(12)14(17)13(11)18-10-5-2-1-3-6-10/h1-3,5-6,11-13H,4,7-9H2/t11?,12-,13?/m0/s1. The molecule has 2 nitrogen and oxygen atoms in total. The van der Waals surface area contributed by atoms with E-state index < -0.39 is 0 Å². The molecule has 96 valence electrons. The Balaban J connectivity index is 1.81. The number of rotatable bonds is 3. The molecule has 1 aromatic carbocycles. The highest BCUT2D eigenvalue weighted by atomic mass is 35.5. The van der Waals surface area contributed by atoms with Crippen molar-refractivity contribution in [1.29, 1.82) is 0 Å². The zero-order valence-electron chi connectivity index (χ0n) is 10.1. The summed E-state index contributed by atoms with van der Waals surface area (Å²) < 4.78 is 0. The predicted molar refractivity (Wildman–Crippen MR) is 75.0 cm³/mol. The highest BCUT2D eigenvalue weighted by Gasteiger charge is 2.49. The monoisotopic (exact) mass is 281 g/mol. The summed E-state index contributed by atoms with van der Waals surface area (Å²) in [6.45, 7) is 0.919. The lowest BCUT2D eigenvalue weighted by Crippen LogP contribution is -2.29. The second kappa shape index (κ2) is 5.14. The molecule has 1 amide bonds. The fourth-order valence-corrected chi connectivity index (χ4v) is 4.81. The number of thioether (sulfide) groups is 1. The van der Waals surface area contributed by atoms with Gasteiger partial charge in [-0.05, 0) is 25.0 Å². The van der Waals surface area contributed by atoms with Gasteiger partial charge in [-0.3, -0.25) is 4.79 Å². The van der Waals surface area contributed by atoms with E-state index in [9.17, 15) is 4.79 Å². The second-order valence-electron chi connectivity index (χ2n) is 4.91. The third-order valence-electron chi connectivity index (χ3n) is 3.89. The second-order valence-corrected chi connectivity index (χ2v) is 6.43. The molecule has 2 aliphatic heterocycles. The van der Waals surface area contributed by atoms with Crippen LogP contribution in [0.25, 0.3) is 0 Å². The zero-order valence-corrected chi connectivity index (χ0v) is 11.7. The third kappa shape index (κ3) is 2.04. The Bertz CT molecular complexity index is 439. The lowest BCUT2D eigenvalue weighted by molar-refractivity contribution is -0.127. The van der Waals surface area contributed by atoms with Gasteiger partial charge in [0.05, 0.1) is 5.25 Å². The Morgan fingerprint density at radius 1 is 1.33 bits per heavy atom. The first-order valence-corrected chi connectivity index (χ1v) is 7.81. The maximum atomic E-state index is 12.4. The summed E-state index contributed by atoms with van der Waals surface area (Å²) in [7, 11) is 0. The van der Waals surface area contributed by atoms with Crippen LogP contribution in [-0.2, 0) is 4.79 Å². The molecular weight excluding hydrogens is 266 g/mol. The molecule has 0 spiro atoms. The van der Waals surface area contributed by atoms with E-state index in [2.05, 4.69) is 12.1 Å². The van der Waals surface area contributed by atoms with E-state index >= 15 is 0 Å². The van der Waals surface area contributed by atoms with Gasteiger partial charge in [0.15, 0.2) is 0 Å². The molecule has 0 radical (unpaired) electrons. The molecule has 0 N–H and O–H groups in total. The van der Waals surface area contributed by atoms with Crippen molar-refractivity contribution < 1.29 is 4.79 Å². The van der Waals surface area contributed by atoms with E-state index in [1.54, 1.807) is 11.8 Å². The molecule has 1 aromatic rings. The summed E-state index contributed by atoms with van der Waals surface area (Å²) in [6.07, 6.45) is 2.25. The van der Waals surface area contributed by atoms with E-state index in [0.29, 0.717) is 17.8 Å². The first-order valence-electron chi connectivity index (χ1n) is 6.39. The summed E-state index contributed by atoms with van der Waals surface area (Å²) in [4.78, 5) is 15.6. The minimum absolute atomic E-state index is 0.00944. The molecule has 0 saturated carbocycles. The molecule has 2 unspecified atom stereocenters. The maximum absolute atomic E-state index is 12.4. The molecule has 4 heteroatoms. The van der Waals surface area contributed by atoms with Crippen LogP contribution >= 0.6 is 23.4 Å². The van der Waals surface area contributed by atoms with Crippen molar-refractivity contribution in [2.45, 2.75) is 29.0 Å². The number of hydrogen-bond acceptors (Lipinski definition) is 2. The van der Waals surface area contributed by atoms with Crippen LogP contribution in [0.2, 0.25) is 0 Å². The van der Waals surface area contributed by atoms with E-state index in [1.165, 1.54) is 0 Å². The Labute approximate surface area is 117 Å². The smallest absolute Gasteiger partial charge is 0.236 e. The third-order valence-corrected chi connectivity index (χ3v) is 5.60. The number of carbonyl (C=O) groups excluding carboxylic acids is 1. The average Bonchev–Trinajstić information content (AvgIpc) is 2.95. The summed E-state index contributed by atoms with van der Waals surface area (Å²) in [5.41, 5.74) is 0. The number of halogens is 1. The number of nitrogens with zero attached hydrogens (tertiary/aromatic N) is 1. The van der Waals surface area contributed by atoms with Crippen LogP contribution < -0.4 is 0 Å². The van der Waals surface area contributed by atoms with E-state index in [-0.39, 0.29) is 11.2 Å². The molecular formula is C14H16ClNOS. The van der Waals surface area contributed by atoms with Crippen LogP contribution in [0.3, 0.4) is 0 Å². The van der Waals surface area contributed by atoms with Gasteiger partial charge in [-0.25, -0.2) is 0 Å². The molecule has 0 bridgehead atoms. The number of benzene rings is 1. The number of hydrogen-bond donors (Lipinski definition) is 0. The van der Waals surface area contributed by atoms with Crippen molar-refractivity contribution in [2.75, 3.05) is 12.4 Å². The molecule has 0 aromatic heterocycles. The van der Waals surface area contributed by atoms with Crippen molar-refractivity contribution in [1.82, 2.24) is 4.90 Å². The molecule has 2 fully saturated rings. The van der Waals surface area contributed by atoms with Crippen molar-refractivity contribution in [3.63, 3.8) is 0 Å². The normalized spacial score (nSPS) is 30.8. The summed E-state index contributed by atoms with van der Waals surface area (Å²) >= 11 is 7.78. The maximum Gasteiger partial charge on any atom is 0.236 e. The van der Waals surface area contributed by atoms with E-state index in [1.807, 2.05) is 23.1 Å². The Morgan fingerprint density at radius 3 is 2.83 bits per heavy atom. The summed E-state index contributed by atoms with van der Waals surface area (Å²) in [6, 6.07) is 10.5. The molecule has 3 atom stereocenters. The molecule has 18 heavy (non-hydrogen) atoms. The summed E-state index contributed by atoms with van der Waals surface area (Å²) in [5.74, 6) is 1.17. The fraction of sp³-hybridized carbons (Fsp3) is 0.500. The van der Waals surface area contributed by atoms with Gasteiger partial charge in [-0.15, -0.1) is 23.4 Å². The van der Waals surface area contributed by atoms with Gasteiger partial charge in [-0.1, -0.05) is 18.2 Å². The number of alkyl halides is 1. The van der Waals surface area contributed by atoms with Crippen LogP contribution in [0.15, 0.2) is 35.2 Å².